The zero-order chi connectivity index (χ0) is 24.2. The van der Waals surface area contributed by atoms with Gasteiger partial charge in [0.1, 0.15) is 11.3 Å². The molecule has 1 fully saturated rings. The summed E-state index contributed by atoms with van der Waals surface area (Å²) in [4.78, 5) is 40.5. The van der Waals surface area contributed by atoms with E-state index in [-0.39, 0.29) is 28.1 Å². The maximum absolute atomic E-state index is 13.5. The molecule has 1 saturated heterocycles. The van der Waals surface area contributed by atoms with Gasteiger partial charge in [-0.2, -0.15) is 0 Å². The average Bonchev–Trinajstić information content (AvgIpc) is 2.82. The second kappa shape index (κ2) is 9.86. The van der Waals surface area contributed by atoms with Crippen molar-refractivity contribution in [1.29, 1.82) is 0 Å². The Labute approximate surface area is 206 Å². The van der Waals surface area contributed by atoms with Gasteiger partial charge in [-0.25, -0.2) is 0 Å². The van der Waals surface area contributed by atoms with Crippen molar-refractivity contribution in [2.75, 3.05) is 16.4 Å². The third-order valence-electron chi connectivity index (χ3n) is 4.92. The molecule has 7 nitrogen and oxygen atoms in total. The van der Waals surface area contributed by atoms with E-state index in [0.717, 1.165) is 0 Å². The van der Waals surface area contributed by atoms with Crippen molar-refractivity contribution in [2.24, 2.45) is 5.73 Å². The van der Waals surface area contributed by atoms with Crippen molar-refractivity contribution in [3.05, 3.63) is 95.0 Å². The van der Waals surface area contributed by atoms with E-state index in [2.05, 4.69) is 0 Å². The van der Waals surface area contributed by atoms with Gasteiger partial charge in [-0.1, -0.05) is 54.1 Å². The number of ether oxygens (including phenoxy) is 1. The van der Waals surface area contributed by atoms with E-state index in [9.17, 15) is 14.4 Å². The number of hydrogen-bond donors (Lipinski definition) is 1. The predicted molar refractivity (Wildman–Crippen MR) is 135 cm³/mol. The lowest BCUT2D eigenvalue weighted by atomic mass is 10.0. The first-order valence-corrected chi connectivity index (χ1v) is 10.9. The van der Waals surface area contributed by atoms with E-state index in [4.69, 9.17) is 34.3 Å². The van der Waals surface area contributed by atoms with Gasteiger partial charge < -0.3 is 10.5 Å². The Morgan fingerprint density at radius 3 is 1.91 bits per heavy atom. The fraction of sp³-hybridized carbons (Fsp3) is 0.0400. The number of para-hydroxylation sites is 2. The summed E-state index contributed by atoms with van der Waals surface area (Å²) in [6, 6.07) is 22.4. The SMILES string of the molecule is NC(=O)COc1ccc(C=C2C(=O)N(c3ccccc3)C(=S)N(c3ccccc3)C2=O)cc1Cl. The average molecular weight is 492 g/mol. The lowest BCUT2D eigenvalue weighted by molar-refractivity contribution is -0.121. The molecule has 3 amide bonds. The van der Waals surface area contributed by atoms with Crippen molar-refractivity contribution >= 4 is 64.1 Å². The second-order valence-corrected chi connectivity index (χ2v) is 8.01. The molecule has 4 rings (SSSR count). The minimum Gasteiger partial charge on any atom is -0.482 e. The van der Waals surface area contributed by atoms with Gasteiger partial charge in [0, 0.05) is 0 Å². The number of nitrogens with two attached hydrogens (primary N) is 1. The number of thiocarbonyl (C=S) groups is 1. The normalized spacial score (nSPS) is 13.8. The van der Waals surface area contributed by atoms with Gasteiger partial charge >= 0.3 is 0 Å². The first kappa shape index (κ1) is 23.2. The molecule has 3 aromatic rings. The summed E-state index contributed by atoms with van der Waals surface area (Å²) in [5.74, 6) is -1.50. The monoisotopic (exact) mass is 491 g/mol. The fourth-order valence-electron chi connectivity index (χ4n) is 3.38. The van der Waals surface area contributed by atoms with Crippen LogP contribution in [0.2, 0.25) is 5.02 Å². The number of anilines is 2. The molecule has 170 valence electrons. The minimum absolute atomic E-state index is 0.0535. The molecule has 34 heavy (non-hydrogen) atoms. The van der Waals surface area contributed by atoms with Gasteiger partial charge in [0.2, 0.25) is 0 Å². The molecule has 0 radical (unpaired) electrons. The summed E-state index contributed by atoms with van der Waals surface area (Å²) in [5.41, 5.74) is 6.55. The largest absolute Gasteiger partial charge is 0.482 e. The summed E-state index contributed by atoms with van der Waals surface area (Å²) in [6.45, 7) is -0.327. The molecular weight excluding hydrogens is 474 g/mol. The standard InChI is InChI=1S/C25H18ClN3O4S/c26-20-14-16(11-12-21(20)33-15-22(27)30)13-19-23(31)28(17-7-3-1-4-8-17)25(34)29(24(19)32)18-9-5-2-6-10-18/h1-14H,15H2,(H2,27,30). The Hall–Kier alpha value is -4.01. The molecule has 1 aliphatic heterocycles. The van der Waals surface area contributed by atoms with E-state index in [1.54, 1.807) is 54.6 Å². The number of amides is 3. The molecule has 0 unspecified atom stereocenters. The number of rotatable bonds is 6. The minimum atomic E-state index is -0.640. The first-order valence-electron chi connectivity index (χ1n) is 10.1. The zero-order valence-electron chi connectivity index (χ0n) is 17.7. The van der Waals surface area contributed by atoms with Crippen LogP contribution in [-0.4, -0.2) is 29.4 Å². The van der Waals surface area contributed by atoms with Crippen LogP contribution < -0.4 is 20.3 Å². The summed E-state index contributed by atoms with van der Waals surface area (Å²) in [7, 11) is 0. The van der Waals surface area contributed by atoms with Crippen molar-refractivity contribution in [1.82, 2.24) is 0 Å². The third-order valence-corrected chi connectivity index (χ3v) is 5.58. The molecule has 9 heteroatoms. The first-order chi connectivity index (χ1) is 16.4. The van der Waals surface area contributed by atoms with Crippen LogP contribution in [0.15, 0.2) is 84.4 Å². The molecule has 0 saturated carbocycles. The Morgan fingerprint density at radius 1 is 0.912 bits per heavy atom. The lowest BCUT2D eigenvalue weighted by Gasteiger charge is -2.36. The number of benzene rings is 3. The molecule has 0 bridgehead atoms. The van der Waals surface area contributed by atoms with Crippen molar-refractivity contribution in [3.63, 3.8) is 0 Å². The van der Waals surface area contributed by atoms with Crippen LogP contribution in [0.3, 0.4) is 0 Å². The quantitative estimate of drug-likeness (QED) is 0.320. The van der Waals surface area contributed by atoms with E-state index in [1.165, 1.54) is 28.0 Å². The molecule has 0 aromatic heterocycles. The van der Waals surface area contributed by atoms with Gasteiger partial charge in [0.15, 0.2) is 11.7 Å². The van der Waals surface area contributed by atoms with Crippen LogP contribution in [0.1, 0.15) is 5.56 Å². The summed E-state index contributed by atoms with van der Waals surface area (Å²) in [6.07, 6.45) is 1.45. The van der Waals surface area contributed by atoms with Crippen LogP contribution >= 0.6 is 23.8 Å². The zero-order valence-corrected chi connectivity index (χ0v) is 19.3. The lowest BCUT2D eigenvalue weighted by Crippen LogP contribution is -2.56. The number of halogens is 1. The highest BCUT2D eigenvalue weighted by Crippen LogP contribution is 2.31. The maximum atomic E-state index is 13.5. The highest BCUT2D eigenvalue weighted by Gasteiger charge is 2.41. The Kier molecular flexibility index (Phi) is 6.72. The van der Waals surface area contributed by atoms with Crippen LogP contribution in [0.4, 0.5) is 11.4 Å². The molecule has 0 atom stereocenters. The van der Waals surface area contributed by atoms with Crippen LogP contribution in [0, 0.1) is 0 Å². The third kappa shape index (κ3) is 4.68. The van der Waals surface area contributed by atoms with Crippen molar-refractivity contribution in [2.45, 2.75) is 0 Å². The van der Waals surface area contributed by atoms with Gasteiger partial charge in [-0.15, -0.1) is 0 Å². The predicted octanol–water partition coefficient (Wildman–Crippen LogP) is 3.95. The number of nitrogens with zero attached hydrogens (tertiary/aromatic N) is 2. The number of carbonyl (C=O) groups excluding carboxylic acids is 3. The molecule has 3 aromatic carbocycles. The maximum Gasteiger partial charge on any atom is 0.270 e. The Bertz CT molecular complexity index is 1250. The van der Waals surface area contributed by atoms with E-state index in [0.29, 0.717) is 16.9 Å². The summed E-state index contributed by atoms with van der Waals surface area (Å²) >= 11 is 11.8. The van der Waals surface area contributed by atoms with Crippen LogP contribution in [0.25, 0.3) is 6.08 Å². The van der Waals surface area contributed by atoms with E-state index >= 15 is 0 Å². The van der Waals surface area contributed by atoms with Crippen LogP contribution in [-0.2, 0) is 14.4 Å². The highest BCUT2D eigenvalue weighted by molar-refractivity contribution is 7.81. The van der Waals surface area contributed by atoms with Crippen molar-refractivity contribution in [3.8, 4) is 5.75 Å². The van der Waals surface area contributed by atoms with Crippen molar-refractivity contribution < 1.29 is 19.1 Å². The smallest absolute Gasteiger partial charge is 0.270 e. The van der Waals surface area contributed by atoms with E-state index in [1.807, 2.05) is 12.1 Å². The van der Waals surface area contributed by atoms with Crippen LogP contribution in [0.5, 0.6) is 5.75 Å². The fourth-order valence-corrected chi connectivity index (χ4v) is 4.00. The Balaban J connectivity index is 1.77. The van der Waals surface area contributed by atoms with E-state index < -0.39 is 17.7 Å². The summed E-state index contributed by atoms with van der Waals surface area (Å²) < 4.78 is 5.25. The molecule has 1 heterocycles. The van der Waals surface area contributed by atoms with Gasteiger partial charge in [0.25, 0.3) is 17.7 Å². The molecule has 0 spiro atoms. The molecule has 0 aliphatic carbocycles. The number of primary amides is 1. The number of hydrogen-bond acceptors (Lipinski definition) is 5. The highest BCUT2D eigenvalue weighted by atomic mass is 35.5. The molecule has 2 N–H and O–H groups in total. The second-order valence-electron chi connectivity index (χ2n) is 7.24. The number of carbonyl (C=O) groups is 3. The molecule has 1 aliphatic rings. The molecular formula is C25H18ClN3O4S. The van der Waals surface area contributed by atoms with Gasteiger partial charge in [0.05, 0.1) is 16.4 Å². The van der Waals surface area contributed by atoms with Gasteiger partial charge in [-0.05, 0) is 60.3 Å². The topological polar surface area (TPSA) is 92.9 Å². The van der Waals surface area contributed by atoms with Gasteiger partial charge in [-0.3, -0.25) is 24.2 Å². The Morgan fingerprint density at radius 2 is 1.44 bits per heavy atom. The summed E-state index contributed by atoms with van der Waals surface area (Å²) in [5, 5.41) is 0.249.